The lowest BCUT2D eigenvalue weighted by Crippen LogP contribution is -2.32. The summed E-state index contributed by atoms with van der Waals surface area (Å²) in [5.41, 5.74) is 8.30. The Balaban J connectivity index is 2.12. The van der Waals surface area contributed by atoms with Crippen LogP contribution in [0.4, 0.5) is 0 Å². The Morgan fingerprint density at radius 2 is 2.24 bits per heavy atom. The third-order valence-electron chi connectivity index (χ3n) is 3.22. The first kappa shape index (κ1) is 12.1. The van der Waals surface area contributed by atoms with E-state index in [9.17, 15) is 4.79 Å². The maximum absolute atomic E-state index is 10.9. The van der Waals surface area contributed by atoms with Crippen molar-refractivity contribution in [3.8, 4) is 0 Å². The molecule has 4 nitrogen and oxygen atoms in total. The zero-order chi connectivity index (χ0) is 12.3. The van der Waals surface area contributed by atoms with Crippen molar-refractivity contribution in [3.05, 3.63) is 34.9 Å². The average molecular weight is 234 g/mol. The first-order chi connectivity index (χ1) is 8.20. The number of carboxylic acid groups (broad SMARTS) is 1. The second-order valence-corrected chi connectivity index (χ2v) is 4.46. The van der Waals surface area contributed by atoms with E-state index in [0.29, 0.717) is 12.1 Å². The standard InChI is InChI=1S/C13H18N2O2/c14-5-1-6-15-7-4-10-2-3-11(13(16)17)8-12(10)9-15/h2-3,8H,1,4-7,9,14H2,(H,16,17). The molecule has 0 aliphatic carbocycles. The monoisotopic (exact) mass is 234 g/mol. The Kier molecular flexibility index (Phi) is 3.76. The molecule has 0 atom stereocenters. The minimum atomic E-state index is -0.855. The van der Waals surface area contributed by atoms with Crippen LogP contribution in [0.5, 0.6) is 0 Å². The van der Waals surface area contributed by atoms with Crippen molar-refractivity contribution in [3.63, 3.8) is 0 Å². The summed E-state index contributed by atoms with van der Waals surface area (Å²) in [6.07, 6.45) is 1.99. The number of aromatic carboxylic acids is 1. The normalized spacial score (nSPS) is 15.6. The zero-order valence-corrected chi connectivity index (χ0v) is 9.85. The first-order valence-electron chi connectivity index (χ1n) is 5.98. The fourth-order valence-corrected chi connectivity index (χ4v) is 2.25. The van der Waals surface area contributed by atoms with Crippen molar-refractivity contribution < 1.29 is 9.90 Å². The summed E-state index contributed by atoms with van der Waals surface area (Å²) in [5.74, 6) is -0.855. The summed E-state index contributed by atoms with van der Waals surface area (Å²) in [5, 5.41) is 8.96. The van der Waals surface area contributed by atoms with Gasteiger partial charge in [-0.2, -0.15) is 0 Å². The number of nitrogens with zero attached hydrogens (tertiary/aromatic N) is 1. The van der Waals surface area contributed by atoms with E-state index in [-0.39, 0.29) is 0 Å². The van der Waals surface area contributed by atoms with Gasteiger partial charge in [-0.1, -0.05) is 6.07 Å². The number of fused-ring (bicyclic) bond motifs is 1. The Morgan fingerprint density at radius 3 is 2.94 bits per heavy atom. The van der Waals surface area contributed by atoms with Gasteiger partial charge in [0.05, 0.1) is 5.56 Å². The lowest BCUT2D eigenvalue weighted by molar-refractivity contribution is 0.0696. The van der Waals surface area contributed by atoms with Gasteiger partial charge in [0.15, 0.2) is 0 Å². The van der Waals surface area contributed by atoms with Gasteiger partial charge in [0.2, 0.25) is 0 Å². The molecule has 1 aliphatic rings. The highest BCUT2D eigenvalue weighted by atomic mass is 16.4. The van der Waals surface area contributed by atoms with Crippen LogP contribution in [0.25, 0.3) is 0 Å². The second kappa shape index (κ2) is 5.29. The largest absolute Gasteiger partial charge is 0.478 e. The minimum absolute atomic E-state index is 0.379. The lowest BCUT2D eigenvalue weighted by atomic mass is 9.97. The van der Waals surface area contributed by atoms with Crippen LogP contribution in [-0.2, 0) is 13.0 Å². The van der Waals surface area contributed by atoms with E-state index in [1.807, 2.05) is 6.07 Å². The van der Waals surface area contributed by atoms with E-state index < -0.39 is 5.97 Å². The van der Waals surface area contributed by atoms with Crippen molar-refractivity contribution in [1.82, 2.24) is 4.90 Å². The summed E-state index contributed by atoms with van der Waals surface area (Å²) >= 11 is 0. The van der Waals surface area contributed by atoms with Crippen molar-refractivity contribution in [1.29, 1.82) is 0 Å². The van der Waals surface area contributed by atoms with Crippen LogP contribution in [-0.4, -0.2) is 35.6 Å². The third-order valence-corrected chi connectivity index (χ3v) is 3.22. The van der Waals surface area contributed by atoms with E-state index in [1.165, 1.54) is 5.56 Å². The highest BCUT2D eigenvalue weighted by Gasteiger charge is 2.17. The Hall–Kier alpha value is -1.39. The van der Waals surface area contributed by atoms with Crippen molar-refractivity contribution in [2.45, 2.75) is 19.4 Å². The zero-order valence-electron chi connectivity index (χ0n) is 9.85. The van der Waals surface area contributed by atoms with Gasteiger partial charge >= 0.3 is 5.97 Å². The molecule has 17 heavy (non-hydrogen) atoms. The van der Waals surface area contributed by atoms with Crippen molar-refractivity contribution in [2.75, 3.05) is 19.6 Å². The van der Waals surface area contributed by atoms with Crippen LogP contribution in [0.15, 0.2) is 18.2 Å². The van der Waals surface area contributed by atoms with E-state index in [0.717, 1.165) is 38.0 Å². The Labute approximate surface area is 101 Å². The topological polar surface area (TPSA) is 66.6 Å². The molecule has 0 unspecified atom stereocenters. The van der Waals surface area contributed by atoms with Gasteiger partial charge in [0.25, 0.3) is 0 Å². The first-order valence-corrected chi connectivity index (χ1v) is 5.98. The number of rotatable bonds is 4. The Bertz CT molecular complexity index is 418. The number of nitrogens with two attached hydrogens (primary N) is 1. The predicted octanol–water partition coefficient (Wildman–Crippen LogP) is 1.09. The molecule has 2 rings (SSSR count). The van der Waals surface area contributed by atoms with Crippen LogP contribution in [0.1, 0.15) is 27.9 Å². The molecule has 0 fully saturated rings. The summed E-state index contributed by atoms with van der Waals surface area (Å²) in [4.78, 5) is 13.2. The van der Waals surface area contributed by atoms with Crippen LogP contribution in [0.3, 0.4) is 0 Å². The molecule has 92 valence electrons. The predicted molar refractivity (Wildman–Crippen MR) is 66.1 cm³/mol. The highest BCUT2D eigenvalue weighted by Crippen LogP contribution is 2.20. The summed E-state index contributed by atoms with van der Waals surface area (Å²) in [6.45, 7) is 3.58. The number of hydrogen-bond acceptors (Lipinski definition) is 3. The summed E-state index contributed by atoms with van der Waals surface area (Å²) < 4.78 is 0. The highest BCUT2D eigenvalue weighted by molar-refractivity contribution is 5.87. The number of benzene rings is 1. The smallest absolute Gasteiger partial charge is 0.335 e. The van der Waals surface area contributed by atoms with Crippen molar-refractivity contribution in [2.24, 2.45) is 5.73 Å². The third kappa shape index (κ3) is 2.84. The molecule has 0 aromatic heterocycles. The quantitative estimate of drug-likeness (QED) is 0.818. The molecule has 1 heterocycles. The van der Waals surface area contributed by atoms with Crippen LogP contribution in [0, 0.1) is 0 Å². The summed E-state index contributed by atoms with van der Waals surface area (Å²) in [7, 11) is 0. The maximum atomic E-state index is 10.9. The van der Waals surface area contributed by atoms with E-state index in [1.54, 1.807) is 12.1 Å². The molecule has 0 saturated carbocycles. The van der Waals surface area contributed by atoms with Gasteiger partial charge < -0.3 is 10.8 Å². The van der Waals surface area contributed by atoms with E-state index in [2.05, 4.69) is 4.90 Å². The lowest BCUT2D eigenvalue weighted by Gasteiger charge is -2.28. The molecule has 0 saturated heterocycles. The fraction of sp³-hybridized carbons (Fsp3) is 0.462. The van der Waals surface area contributed by atoms with Crippen LogP contribution in [0.2, 0.25) is 0 Å². The van der Waals surface area contributed by atoms with Gasteiger partial charge in [-0.25, -0.2) is 4.79 Å². The van der Waals surface area contributed by atoms with Gasteiger partial charge in [-0.3, -0.25) is 4.90 Å². The summed E-state index contributed by atoms with van der Waals surface area (Å²) in [6, 6.07) is 5.43. The molecule has 4 heteroatoms. The number of carbonyl (C=O) groups is 1. The molecule has 0 amide bonds. The molecule has 0 spiro atoms. The van der Waals surface area contributed by atoms with Crippen LogP contribution >= 0.6 is 0 Å². The van der Waals surface area contributed by atoms with Crippen LogP contribution < -0.4 is 5.73 Å². The van der Waals surface area contributed by atoms with Gasteiger partial charge in [-0.05, 0) is 49.2 Å². The van der Waals surface area contributed by atoms with Gasteiger partial charge in [-0.15, -0.1) is 0 Å². The molecular weight excluding hydrogens is 216 g/mol. The minimum Gasteiger partial charge on any atom is -0.478 e. The average Bonchev–Trinajstić information content (AvgIpc) is 2.35. The molecule has 3 N–H and O–H groups in total. The SMILES string of the molecule is NCCCN1CCc2ccc(C(=O)O)cc2C1. The molecule has 0 radical (unpaired) electrons. The Morgan fingerprint density at radius 1 is 1.41 bits per heavy atom. The molecule has 1 aromatic rings. The number of hydrogen-bond donors (Lipinski definition) is 2. The van der Waals surface area contributed by atoms with E-state index >= 15 is 0 Å². The number of carboxylic acids is 1. The maximum Gasteiger partial charge on any atom is 0.335 e. The molecule has 0 bridgehead atoms. The van der Waals surface area contributed by atoms with E-state index in [4.69, 9.17) is 10.8 Å². The van der Waals surface area contributed by atoms with Gasteiger partial charge in [0.1, 0.15) is 0 Å². The molecule has 1 aromatic carbocycles. The fourth-order valence-electron chi connectivity index (χ4n) is 2.25. The molecular formula is C13H18N2O2. The van der Waals surface area contributed by atoms with Crippen molar-refractivity contribution >= 4 is 5.97 Å². The van der Waals surface area contributed by atoms with Gasteiger partial charge in [0, 0.05) is 13.1 Å². The molecule has 1 aliphatic heterocycles. The second-order valence-electron chi connectivity index (χ2n) is 4.46.